The molecule has 2 N–H and O–H groups in total. The van der Waals surface area contributed by atoms with Gasteiger partial charge in [0.25, 0.3) is 0 Å². The van der Waals surface area contributed by atoms with E-state index in [2.05, 4.69) is 5.32 Å². The number of aliphatic carboxylic acids is 1. The molecular formula is C15H21NO4. The summed E-state index contributed by atoms with van der Waals surface area (Å²) in [5, 5.41) is 10.8. The Balaban J connectivity index is 2.09. The largest absolute Gasteiger partial charge is 0.497 e. The second-order valence-electron chi connectivity index (χ2n) is 4.58. The van der Waals surface area contributed by atoms with Gasteiger partial charge in [-0.3, -0.25) is 9.59 Å². The minimum atomic E-state index is -1.02. The first kappa shape index (κ1) is 16.0. The predicted octanol–water partition coefficient (Wildman–Crippen LogP) is 2.00. The summed E-state index contributed by atoms with van der Waals surface area (Å²) >= 11 is 0. The van der Waals surface area contributed by atoms with Gasteiger partial charge in [0.05, 0.1) is 7.11 Å². The van der Waals surface area contributed by atoms with E-state index in [0.29, 0.717) is 6.42 Å². The van der Waals surface area contributed by atoms with Crippen LogP contribution in [0.5, 0.6) is 5.75 Å². The lowest BCUT2D eigenvalue weighted by Crippen LogP contribution is -2.28. The fourth-order valence-electron chi connectivity index (χ4n) is 1.85. The van der Waals surface area contributed by atoms with Gasteiger partial charge in [0.2, 0.25) is 5.91 Å². The summed E-state index contributed by atoms with van der Waals surface area (Å²) in [5.41, 5.74) is 1.25. The van der Waals surface area contributed by atoms with Gasteiger partial charge in [0, 0.05) is 6.42 Å². The van der Waals surface area contributed by atoms with Crippen molar-refractivity contribution in [3.63, 3.8) is 0 Å². The molecule has 0 saturated carbocycles. The number of amides is 1. The molecule has 0 unspecified atom stereocenters. The molecule has 1 aromatic rings. The Labute approximate surface area is 118 Å². The van der Waals surface area contributed by atoms with Crippen molar-refractivity contribution in [3.8, 4) is 5.75 Å². The Morgan fingerprint density at radius 3 is 2.45 bits per heavy atom. The van der Waals surface area contributed by atoms with Crippen LogP contribution < -0.4 is 10.1 Å². The van der Waals surface area contributed by atoms with Gasteiger partial charge in [-0.25, -0.2) is 0 Å². The first-order valence-corrected chi connectivity index (χ1v) is 6.73. The number of ether oxygens (including phenoxy) is 1. The normalized spacial score (nSPS) is 10.1. The Kier molecular flexibility index (Phi) is 7.17. The predicted molar refractivity (Wildman–Crippen MR) is 75.8 cm³/mol. The third-order valence-electron chi connectivity index (χ3n) is 2.97. The molecule has 0 radical (unpaired) electrons. The zero-order valence-electron chi connectivity index (χ0n) is 11.7. The molecule has 0 aliphatic rings. The average molecular weight is 279 g/mol. The molecule has 0 atom stereocenters. The van der Waals surface area contributed by atoms with Crippen molar-refractivity contribution in [2.75, 3.05) is 13.7 Å². The van der Waals surface area contributed by atoms with E-state index in [1.807, 2.05) is 24.3 Å². The molecule has 0 fully saturated rings. The number of aryl methyl sites for hydroxylation is 1. The summed E-state index contributed by atoms with van der Waals surface area (Å²) in [6, 6.07) is 7.96. The van der Waals surface area contributed by atoms with Crippen LogP contribution in [0.15, 0.2) is 24.3 Å². The maximum atomic E-state index is 11.3. The molecular weight excluding hydrogens is 258 g/mol. The third-order valence-corrected chi connectivity index (χ3v) is 2.97. The van der Waals surface area contributed by atoms with Crippen molar-refractivity contribution in [3.05, 3.63) is 29.8 Å². The number of nitrogens with one attached hydrogen (secondary N) is 1. The second-order valence-corrected chi connectivity index (χ2v) is 4.58. The topological polar surface area (TPSA) is 75.6 Å². The lowest BCUT2D eigenvalue weighted by molar-refractivity contribution is -0.137. The highest BCUT2D eigenvalue weighted by molar-refractivity contribution is 5.80. The van der Waals surface area contributed by atoms with Crippen LogP contribution in [0.1, 0.15) is 31.2 Å². The molecule has 0 heterocycles. The number of rotatable bonds is 9. The number of methoxy groups -OCH3 is 1. The van der Waals surface area contributed by atoms with Crippen molar-refractivity contribution in [1.29, 1.82) is 0 Å². The van der Waals surface area contributed by atoms with Crippen molar-refractivity contribution >= 4 is 11.9 Å². The van der Waals surface area contributed by atoms with E-state index in [1.54, 1.807) is 7.11 Å². The van der Waals surface area contributed by atoms with E-state index in [-0.39, 0.29) is 12.5 Å². The number of unbranched alkanes of at least 4 members (excludes halogenated alkanes) is 2. The molecule has 0 aliphatic carbocycles. The number of hydrogen-bond donors (Lipinski definition) is 2. The number of carbonyl (C=O) groups is 2. The van der Waals surface area contributed by atoms with Gasteiger partial charge in [0.15, 0.2) is 0 Å². The molecule has 0 spiro atoms. The molecule has 0 saturated heterocycles. The van der Waals surface area contributed by atoms with Crippen LogP contribution >= 0.6 is 0 Å². The van der Waals surface area contributed by atoms with Crippen LogP contribution in [0.3, 0.4) is 0 Å². The van der Waals surface area contributed by atoms with Crippen LogP contribution in [0, 0.1) is 0 Å². The van der Waals surface area contributed by atoms with E-state index < -0.39 is 5.97 Å². The van der Waals surface area contributed by atoms with Crippen molar-refractivity contribution < 1.29 is 19.4 Å². The number of carboxylic acids is 1. The minimum Gasteiger partial charge on any atom is -0.497 e. The minimum absolute atomic E-state index is 0.197. The summed E-state index contributed by atoms with van der Waals surface area (Å²) in [6.45, 7) is -0.301. The number of hydrogen-bond acceptors (Lipinski definition) is 3. The number of carboxylic acid groups (broad SMARTS) is 1. The van der Waals surface area contributed by atoms with E-state index >= 15 is 0 Å². The zero-order chi connectivity index (χ0) is 14.8. The molecule has 1 aromatic carbocycles. The molecule has 20 heavy (non-hydrogen) atoms. The Morgan fingerprint density at radius 2 is 1.85 bits per heavy atom. The monoisotopic (exact) mass is 279 g/mol. The van der Waals surface area contributed by atoms with E-state index in [4.69, 9.17) is 9.84 Å². The third kappa shape index (κ3) is 6.78. The van der Waals surface area contributed by atoms with Gasteiger partial charge >= 0.3 is 5.97 Å². The van der Waals surface area contributed by atoms with Gasteiger partial charge < -0.3 is 15.2 Å². The SMILES string of the molecule is COc1ccc(CCCCCC(=O)NCC(=O)O)cc1. The molecule has 0 aromatic heterocycles. The molecule has 110 valence electrons. The number of benzene rings is 1. The molecule has 0 bridgehead atoms. The first-order chi connectivity index (χ1) is 9.61. The summed E-state index contributed by atoms with van der Waals surface area (Å²) in [6.07, 6.45) is 4.10. The maximum absolute atomic E-state index is 11.3. The lowest BCUT2D eigenvalue weighted by atomic mass is 10.1. The van der Waals surface area contributed by atoms with Crippen LogP contribution in [-0.4, -0.2) is 30.6 Å². The Hall–Kier alpha value is -2.04. The smallest absolute Gasteiger partial charge is 0.322 e. The zero-order valence-corrected chi connectivity index (χ0v) is 11.7. The summed E-state index contributed by atoms with van der Waals surface area (Å²) in [7, 11) is 1.64. The molecule has 5 nitrogen and oxygen atoms in total. The summed E-state index contributed by atoms with van der Waals surface area (Å²) < 4.78 is 5.09. The molecule has 1 rings (SSSR count). The highest BCUT2D eigenvalue weighted by atomic mass is 16.5. The number of carbonyl (C=O) groups excluding carboxylic acids is 1. The Morgan fingerprint density at radius 1 is 1.15 bits per heavy atom. The molecule has 1 amide bonds. The molecule has 5 heteroatoms. The van der Waals surface area contributed by atoms with E-state index in [1.165, 1.54) is 5.56 Å². The molecule has 0 aliphatic heterocycles. The van der Waals surface area contributed by atoms with Gasteiger partial charge in [-0.15, -0.1) is 0 Å². The summed E-state index contributed by atoms with van der Waals surface area (Å²) in [5.74, 6) is -0.362. The van der Waals surface area contributed by atoms with E-state index in [0.717, 1.165) is 31.4 Å². The van der Waals surface area contributed by atoms with E-state index in [9.17, 15) is 9.59 Å². The summed E-state index contributed by atoms with van der Waals surface area (Å²) in [4.78, 5) is 21.5. The first-order valence-electron chi connectivity index (χ1n) is 6.73. The van der Waals surface area contributed by atoms with Gasteiger partial charge in [-0.2, -0.15) is 0 Å². The van der Waals surface area contributed by atoms with Gasteiger partial charge in [0.1, 0.15) is 12.3 Å². The van der Waals surface area contributed by atoms with Crippen LogP contribution in [0.4, 0.5) is 0 Å². The van der Waals surface area contributed by atoms with Gasteiger partial charge in [-0.1, -0.05) is 18.6 Å². The lowest BCUT2D eigenvalue weighted by Gasteiger charge is -2.04. The fraction of sp³-hybridized carbons (Fsp3) is 0.467. The highest BCUT2D eigenvalue weighted by Crippen LogP contribution is 2.13. The Bertz CT molecular complexity index is 428. The van der Waals surface area contributed by atoms with Crippen LogP contribution in [0.2, 0.25) is 0 Å². The van der Waals surface area contributed by atoms with Crippen LogP contribution in [0.25, 0.3) is 0 Å². The second kappa shape index (κ2) is 8.96. The van der Waals surface area contributed by atoms with Crippen molar-refractivity contribution in [1.82, 2.24) is 5.32 Å². The van der Waals surface area contributed by atoms with Gasteiger partial charge in [-0.05, 0) is 37.0 Å². The van der Waals surface area contributed by atoms with Crippen molar-refractivity contribution in [2.24, 2.45) is 0 Å². The highest BCUT2D eigenvalue weighted by Gasteiger charge is 2.03. The van der Waals surface area contributed by atoms with Crippen molar-refractivity contribution in [2.45, 2.75) is 32.1 Å². The maximum Gasteiger partial charge on any atom is 0.322 e. The standard InChI is InChI=1S/C15H21NO4/c1-20-13-9-7-12(8-10-13)5-3-2-4-6-14(17)16-11-15(18)19/h7-10H,2-6,11H2,1H3,(H,16,17)(H,18,19). The average Bonchev–Trinajstić information content (AvgIpc) is 2.45. The van der Waals surface area contributed by atoms with Crippen LogP contribution in [-0.2, 0) is 16.0 Å². The quantitative estimate of drug-likeness (QED) is 0.678. The fourth-order valence-corrected chi connectivity index (χ4v) is 1.85.